The smallest absolute Gasteiger partial charge is 0.308 e. The average molecular weight is 266 g/mol. The highest BCUT2D eigenvalue weighted by atomic mass is 19.1. The molecule has 0 saturated carbocycles. The fourth-order valence-electron chi connectivity index (χ4n) is 2.26. The summed E-state index contributed by atoms with van der Waals surface area (Å²) >= 11 is 0. The predicted molar refractivity (Wildman–Crippen MR) is 67.1 cm³/mol. The zero-order valence-electron chi connectivity index (χ0n) is 10.3. The molecular formula is C13H15FN2O3. The molecule has 102 valence electrons. The van der Waals surface area contributed by atoms with E-state index in [1.165, 1.54) is 23.1 Å². The molecule has 2 rings (SSSR count). The summed E-state index contributed by atoms with van der Waals surface area (Å²) in [4.78, 5) is 24.6. The van der Waals surface area contributed by atoms with Crippen LogP contribution in [0.5, 0.6) is 0 Å². The quantitative estimate of drug-likeness (QED) is 0.791. The summed E-state index contributed by atoms with van der Waals surface area (Å²) in [6.07, 6.45) is 1.18. The van der Waals surface area contributed by atoms with Crippen LogP contribution in [-0.2, 0) is 4.79 Å². The van der Waals surface area contributed by atoms with Gasteiger partial charge in [-0.25, -0.2) is 4.39 Å². The molecule has 1 amide bonds. The molecule has 1 aliphatic heterocycles. The normalized spacial score (nSPS) is 19.2. The maximum atomic E-state index is 13.3. The van der Waals surface area contributed by atoms with E-state index in [1.807, 2.05) is 0 Å². The SMILES string of the molecule is Nc1c(F)cccc1C(=O)N1CCC[C@H](C(=O)O)C1. The summed E-state index contributed by atoms with van der Waals surface area (Å²) in [6.45, 7) is 0.614. The van der Waals surface area contributed by atoms with E-state index in [0.717, 1.165) is 0 Å². The van der Waals surface area contributed by atoms with Gasteiger partial charge in [-0.2, -0.15) is 0 Å². The first kappa shape index (κ1) is 13.3. The lowest BCUT2D eigenvalue weighted by molar-refractivity contribution is -0.143. The topological polar surface area (TPSA) is 83.6 Å². The van der Waals surface area contributed by atoms with E-state index >= 15 is 0 Å². The number of hydrogen-bond donors (Lipinski definition) is 2. The highest BCUT2D eigenvalue weighted by molar-refractivity contribution is 5.99. The van der Waals surface area contributed by atoms with Crippen LogP contribution >= 0.6 is 0 Å². The second-order valence-corrected chi connectivity index (χ2v) is 4.63. The van der Waals surface area contributed by atoms with Gasteiger partial charge >= 0.3 is 5.97 Å². The lowest BCUT2D eigenvalue weighted by atomic mass is 9.97. The number of halogens is 1. The van der Waals surface area contributed by atoms with Gasteiger partial charge in [0.15, 0.2) is 0 Å². The molecule has 3 N–H and O–H groups in total. The van der Waals surface area contributed by atoms with Gasteiger partial charge in [-0.15, -0.1) is 0 Å². The minimum Gasteiger partial charge on any atom is -0.481 e. The summed E-state index contributed by atoms with van der Waals surface area (Å²) in [5.41, 5.74) is 5.44. The molecule has 1 saturated heterocycles. The van der Waals surface area contributed by atoms with Crippen LogP contribution < -0.4 is 5.73 Å². The molecule has 1 aliphatic rings. The van der Waals surface area contributed by atoms with Crippen LogP contribution in [0.3, 0.4) is 0 Å². The van der Waals surface area contributed by atoms with E-state index in [4.69, 9.17) is 10.8 Å². The number of piperidine rings is 1. The molecule has 19 heavy (non-hydrogen) atoms. The zero-order valence-corrected chi connectivity index (χ0v) is 10.3. The Bertz CT molecular complexity index is 519. The number of anilines is 1. The van der Waals surface area contributed by atoms with Gasteiger partial charge in [-0.1, -0.05) is 6.07 Å². The molecule has 0 bridgehead atoms. The molecule has 1 aromatic rings. The first-order valence-electron chi connectivity index (χ1n) is 6.06. The van der Waals surface area contributed by atoms with Crippen LogP contribution in [-0.4, -0.2) is 35.0 Å². The van der Waals surface area contributed by atoms with E-state index in [2.05, 4.69) is 0 Å². The summed E-state index contributed by atoms with van der Waals surface area (Å²) in [7, 11) is 0. The molecule has 0 aliphatic carbocycles. The van der Waals surface area contributed by atoms with Crippen molar-refractivity contribution in [1.82, 2.24) is 4.90 Å². The van der Waals surface area contributed by atoms with Crippen LogP contribution in [0.2, 0.25) is 0 Å². The standard InChI is InChI=1S/C13H15FN2O3/c14-10-5-1-4-9(11(10)15)12(17)16-6-2-3-8(7-16)13(18)19/h1,4-5,8H,2-3,6-7,15H2,(H,18,19)/t8-/m0/s1. The maximum absolute atomic E-state index is 13.3. The van der Waals surface area contributed by atoms with Crippen molar-refractivity contribution < 1.29 is 19.1 Å². The fraction of sp³-hybridized carbons (Fsp3) is 0.385. The number of carboxylic acid groups (broad SMARTS) is 1. The number of rotatable bonds is 2. The van der Waals surface area contributed by atoms with Crippen molar-refractivity contribution in [2.75, 3.05) is 18.8 Å². The first-order chi connectivity index (χ1) is 9.00. The van der Waals surface area contributed by atoms with Gasteiger partial charge in [-0.3, -0.25) is 9.59 Å². The van der Waals surface area contributed by atoms with E-state index in [1.54, 1.807) is 0 Å². The third-order valence-corrected chi connectivity index (χ3v) is 3.34. The second-order valence-electron chi connectivity index (χ2n) is 4.63. The van der Waals surface area contributed by atoms with E-state index in [-0.39, 0.29) is 17.8 Å². The lowest BCUT2D eigenvalue weighted by Crippen LogP contribution is -2.42. The Morgan fingerprint density at radius 3 is 2.84 bits per heavy atom. The number of benzene rings is 1. The number of para-hydroxylation sites is 1. The number of likely N-dealkylation sites (tertiary alicyclic amines) is 1. The minimum atomic E-state index is -0.912. The predicted octanol–water partition coefficient (Wildman–Crippen LogP) is 1.34. The summed E-state index contributed by atoms with van der Waals surface area (Å²) < 4.78 is 13.3. The summed E-state index contributed by atoms with van der Waals surface area (Å²) in [5.74, 6) is -2.53. The molecule has 0 aromatic heterocycles. The van der Waals surface area contributed by atoms with Crippen molar-refractivity contribution in [2.24, 2.45) is 5.92 Å². The molecule has 1 fully saturated rings. The highest BCUT2D eigenvalue weighted by Crippen LogP contribution is 2.22. The van der Waals surface area contributed by atoms with Crippen LogP contribution in [0.25, 0.3) is 0 Å². The zero-order chi connectivity index (χ0) is 14.0. The molecule has 0 radical (unpaired) electrons. The van der Waals surface area contributed by atoms with Crippen molar-refractivity contribution in [1.29, 1.82) is 0 Å². The number of carboxylic acids is 1. The Labute approximate surface area is 109 Å². The van der Waals surface area contributed by atoms with Crippen molar-refractivity contribution in [3.8, 4) is 0 Å². The number of amides is 1. The van der Waals surface area contributed by atoms with Crippen molar-refractivity contribution in [2.45, 2.75) is 12.8 Å². The van der Waals surface area contributed by atoms with Crippen LogP contribution in [0.15, 0.2) is 18.2 Å². The number of nitrogens with zero attached hydrogens (tertiary/aromatic N) is 1. The van der Waals surface area contributed by atoms with Crippen molar-refractivity contribution >= 4 is 17.6 Å². The third-order valence-electron chi connectivity index (χ3n) is 3.34. The molecule has 6 heteroatoms. The van der Waals surface area contributed by atoms with Gasteiger partial charge in [-0.05, 0) is 25.0 Å². The van der Waals surface area contributed by atoms with Gasteiger partial charge in [0.25, 0.3) is 5.91 Å². The number of carbonyl (C=O) groups excluding carboxylic acids is 1. The number of carbonyl (C=O) groups is 2. The number of nitrogens with two attached hydrogens (primary N) is 1. The first-order valence-corrected chi connectivity index (χ1v) is 6.06. The molecule has 1 atom stereocenters. The monoisotopic (exact) mass is 266 g/mol. The highest BCUT2D eigenvalue weighted by Gasteiger charge is 2.29. The minimum absolute atomic E-state index is 0.0889. The Balaban J connectivity index is 2.19. The van der Waals surface area contributed by atoms with Gasteiger partial charge in [0, 0.05) is 13.1 Å². The third kappa shape index (κ3) is 2.67. The van der Waals surface area contributed by atoms with Gasteiger partial charge in [0.1, 0.15) is 5.82 Å². The number of nitrogen functional groups attached to an aromatic ring is 1. The van der Waals surface area contributed by atoms with Gasteiger partial charge in [0.05, 0.1) is 17.2 Å². The van der Waals surface area contributed by atoms with Crippen molar-refractivity contribution in [3.63, 3.8) is 0 Å². The lowest BCUT2D eigenvalue weighted by Gasteiger charge is -2.31. The van der Waals surface area contributed by atoms with Crippen molar-refractivity contribution in [3.05, 3.63) is 29.6 Å². The Kier molecular flexibility index (Phi) is 3.69. The van der Waals surface area contributed by atoms with Crippen LogP contribution in [0, 0.1) is 11.7 Å². The molecule has 1 heterocycles. The number of hydrogen-bond acceptors (Lipinski definition) is 3. The molecular weight excluding hydrogens is 251 g/mol. The van der Waals surface area contributed by atoms with Crippen LogP contribution in [0.1, 0.15) is 23.2 Å². The summed E-state index contributed by atoms with van der Waals surface area (Å²) in [5, 5.41) is 8.98. The Morgan fingerprint density at radius 1 is 1.42 bits per heavy atom. The molecule has 0 spiro atoms. The average Bonchev–Trinajstić information content (AvgIpc) is 2.41. The van der Waals surface area contributed by atoms with E-state index < -0.39 is 23.6 Å². The Morgan fingerprint density at radius 2 is 2.16 bits per heavy atom. The van der Waals surface area contributed by atoms with Crippen LogP contribution in [0.4, 0.5) is 10.1 Å². The van der Waals surface area contributed by atoms with E-state index in [9.17, 15) is 14.0 Å². The molecule has 5 nitrogen and oxygen atoms in total. The number of aliphatic carboxylic acids is 1. The summed E-state index contributed by atoms with van der Waals surface area (Å²) in [6, 6.07) is 4.05. The molecule has 0 unspecified atom stereocenters. The largest absolute Gasteiger partial charge is 0.481 e. The van der Waals surface area contributed by atoms with E-state index in [0.29, 0.717) is 19.4 Å². The molecule has 1 aromatic carbocycles. The van der Waals surface area contributed by atoms with Gasteiger partial charge in [0.2, 0.25) is 0 Å². The fourth-order valence-corrected chi connectivity index (χ4v) is 2.26. The second kappa shape index (κ2) is 5.26. The maximum Gasteiger partial charge on any atom is 0.308 e. The van der Waals surface area contributed by atoms with Gasteiger partial charge < -0.3 is 15.7 Å². The Hall–Kier alpha value is -2.11.